The minimum Gasteiger partial charge on any atom is -0.336 e. The van der Waals surface area contributed by atoms with Crippen LogP contribution in [0.15, 0.2) is 28.7 Å². The Morgan fingerprint density at radius 3 is 2.76 bits per heavy atom. The van der Waals surface area contributed by atoms with Crippen molar-refractivity contribution in [3.05, 3.63) is 40.1 Å². The Labute approximate surface area is 133 Å². The molecule has 112 valence electrons. The number of aromatic amines is 1. The van der Waals surface area contributed by atoms with Gasteiger partial charge in [0.25, 0.3) is 0 Å². The van der Waals surface area contributed by atoms with Crippen molar-refractivity contribution in [3.63, 3.8) is 0 Å². The fraction of sp³-hybridized carbons (Fsp3) is 0.467. The Kier molecular flexibility index (Phi) is 4.26. The van der Waals surface area contributed by atoms with Gasteiger partial charge >= 0.3 is 0 Å². The summed E-state index contributed by atoms with van der Waals surface area (Å²) in [5, 5.41) is 11.0. The number of hydrogen-bond acceptors (Lipinski definition) is 4. The van der Waals surface area contributed by atoms with Gasteiger partial charge < -0.3 is 10.2 Å². The van der Waals surface area contributed by atoms with Gasteiger partial charge in [-0.2, -0.15) is 4.98 Å². The highest BCUT2D eigenvalue weighted by Gasteiger charge is 2.23. The van der Waals surface area contributed by atoms with Crippen LogP contribution in [0.5, 0.6) is 0 Å². The molecule has 2 N–H and O–H groups in total. The molecule has 21 heavy (non-hydrogen) atoms. The molecular formula is C15H20BrN5. The Hall–Kier alpha value is -1.40. The van der Waals surface area contributed by atoms with Crippen molar-refractivity contribution in [1.29, 1.82) is 0 Å². The van der Waals surface area contributed by atoms with Gasteiger partial charge in [0.1, 0.15) is 5.82 Å². The van der Waals surface area contributed by atoms with E-state index in [1.54, 1.807) is 0 Å². The maximum Gasteiger partial charge on any atom is 0.244 e. The maximum atomic E-state index is 4.64. The Balaban J connectivity index is 1.71. The van der Waals surface area contributed by atoms with Crippen molar-refractivity contribution < 1.29 is 0 Å². The summed E-state index contributed by atoms with van der Waals surface area (Å²) in [7, 11) is 0. The van der Waals surface area contributed by atoms with Gasteiger partial charge in [-0.15, -0.1) is 5.10 Å². The first kappa shape index (κ1) is 14.5. The molecule has 1 fully saturated rings. The number of nitrogens with zero attached hydrogens (tertiary/aromatic N) is 3. The standard InChI is InChI=1S/C15H20BrN5/c1-10-8-21(9-11(2)17-10)15-18-14(19-20-15)7-12-4-3-5-13(16)6-12/h3-6,10-11,17H,7-9H2,1-2H3,(H,18,19,20). The average molecular weight is 350 g/mol. The second-order valence-corrected chi connectivity index (χ2v) is 6.68. The van der Waals surface area contributed by atoms with Gasteiger partial charge in [-0.05, 0) is 31.5 Å². The maximum absolute atomic E-state index is 4.64. The zero-order valence-electron chi connectivity index (χ0n) is 12.3. The summed E-state index contributed by atoms with van der Waals surface area (Å²) in [5.41, 5.74) is 1.22. The van der Waals surface area contributed by atoms with Crippen molar-refractivity contribution in [2.75, 3.05) is 18.0 Å². The van der Waals surface area contributed by atoms with Crippen LogP contribution in [0, 0.1) is 0 Å². The fourth-order valence-electron chi connectivity index (χ4n) is 2.84. The van der Waals surface area contributed by atoms with E-state index in [4.69, 9.17) is 0 Å². The van der Waals surface area contributed by atoms with Gasteiger partial charge in [-0.25, -0.2) is 0 Å². The summed E-state index contributed by atoms with van der Waals surface area (Å²) in [6, 6.07) is 9.19. The lowest BCUT2D eigenvalue weighted by atomic mass is 10.1. The molecule has 0 spiro atoms. The van der Waals surface area contributed by atoms with E-state index in [0.29, 0.717) is 12.1 Å². The lowest BCUT2D eigenvalue weighted by molar-refractivity contribution is 0.403. The van der Waals surface area contributed by atoms with Crippen molar-refractivity contribution in [1.82, 2.24) is 20.5 Å². The number of aromatic nitrogens is 3. The van der Waals surface area contributed by atoms with Crippen LogP contribution in [0.2, 0.25) is 0 Å². The molecule has 1 aliphatic heterocycles. The van der Waals surface area contributed by atoms with Gasteiger partial charge in [0.15, 0.2) is 0 Å². The molecule has 6 heteroatoms. The van der Waals surface area contributed by atoms with E-state index >= 15 is 0 Å². The predicted molar refractivity (Wildman–Crippen MR) is 87.6 cm³/mol. The summed E-state index contributed by atoms with van der Waals surface area (Å²) >= 11 is 3.50. The number of anilines is 1. The van der Waals surface area contributed by atoms with E-state index < -0.39 is 0 Å². The van der Waals surface area contributed by atoms with E-state index in [1.165, 1.54) is 5.56 Å². The summed E-state index contributed by atoms with van der Waals surface area (Å²) in [4.78, 5) is 6.89. The van der Waals surface area contributed by atoms with E-state index in [0.717, 1.165) is 35.8 Å². The molecule has 1 saturated heterocycles. The molecule has 0 amide bonds. The first-order chi connectivity index (χ1) is 10.1. The molecule has 0 aliphatic carbocycles. The molecule has 2 atom stereocenters. The van der Waals surface area contributed by atoms with Crippen LogP contribution in [0.3, 0.4) is 0 Å². The second kappa shape index (κ2) is 6.15. The SMILES string of the molecule is CC1CN(c2n[nH]c(Cc3cccc(Br)c3)n2)CC(C)N1. The third-order valence-corrected chi connectivity index (χ3v) is 4.11. The van der Waals surface area contributed by atoms with Crippen LogP contribution in [0.25, 0.3) is 0 Å². The zero-order valence-corrected chi connectivity index (χ0v) is 13.9. The average Bonchev–Trinajstić information content (AvgIpc) is 2.86. The van der Waals surface area contributed by atoms with E-state index in [1.807, 2.05) is 12.1 Å². The van der Waals surface area contributed by atoms with E-state index in [9.17, 15) is 0 Å². The van der Waals surface area contributed by atoms with Crippen LogP contribution in [-0.2, 0) is 6.42 Å². The number of benzene rings is 1. The van der Waals surface area contributed by atoms with Crippen LogP contribution in [0.4, 0.5) is 5.95 Å². The molecule has 0 radical (unpaired) electrons. The molecule has 2 unspecified atom stereocenters. The fourth-order valence-corrected chi connectivity index (χ4v) is 3.28. The first-order valence-electron chi connectivity index (χ1n) is 7.27. The van der Waals surface area contributed by atoms with Crippen LogP contribution < -0.4 is 10.2 Å². The smallest absolute Gasteiger partial charge is 0.244 e. The second-order valence-electron chi connectivity index (χ2n) is 5.76. The van der Waals surface area contributed by atoms with E-state index in [2.05, 4.69) is 67.3 Å². The van der Waals surface area contributed by atoms with Gasteiger partial charge in [0.2, 0.25) is 5.95 Å². The summed E-state index contributed by atoms with van der Waals surface area (Å²) < 4.78 is 1.09. The number of H-pyrrole nitrogens is 1. The van der Waals surface area contributed by atoms with Crippen LogP contribution in [0.1, 0.15) is 25.2 Å². The molecule has 1 aliphatic rings. The van der Waals surface area contributed by atoms with Crippen molar-refractivity contribution in [2.24, 2.45) is 0 Å². The quantitative estimate of drug-likeness (QED) is 0.892. The Morgan fingerprint density at radius 2 is 2.05 bits per heavy atom. The summed E-state index contributed by atoms with van der Waals surface area (Å²) in [6.45, 7) is 6.27. The minimum atomic E-state index is 0.459. The number of nitrogens with one attached hydrogen (secondary N) is 2. The Morgan fingerprint density at radius 1 is 1.29 bits per heavy atom. The number of piperazine rings is 1. The van der Waals surface area contributed by atoms with Gasteiger partial charge in [0, 0.05) is 36.1 Å². The highest BCUT2D eigenvalue weighted by atomic mass is 79.9. The van der Waals surface area contributed by atoms with Crippen LogP contribution in [-0.4, -0.2) is 40.4 Å². The van der Waals surface area contributed by atoms with E-state index in [-0.39, 0.29) is 0 Å². The molecule has 1 aromatic heterocycles. The third-order valence-electron chi connectivity index (χ3n) is 3.62. The molecule has 3 rings (SSSR count). The van der Waals surface area contributed by atoms with Gasteiger partial charge in [0.05, 0.1) is 0 Å². The predicted octanol–water partition coefficient (Wildman–Crippen LogP) is 2.34. The normalized spacial score (nSPS) is 22.5. The van der Waals surface area contributed by atoms with Gasteiger partial charge in [-0.3, -0.25) is 5.10 Å². The van der Waals surface area contributed by atoms with Crippen LogP contribution >= 0.6 is 15.9 Å². The lowest BCUT2D eigenvalue weighted by Crippen LogP contribution is -2.54. The zero-order chi connectivity index (χ0) is 14.8. The first-order valence-corrected chi connectivity index (χ1v) is 8.06. The molecular weight excluding hydrogens is 330 g/mol. The molecule has 5 nitrogen and oxygen atoms in total. The lowest BCUT2D eigenvalue weighted by Gasteiger charge is -2.35. The number of hydrogen-bond donors (Lipinski definition) is 2. The van der Waals surface area contributed by atoms with Gasteiger partial charge in [-0.1, -0.05) is 28.1 Å². The van der Waals surface area contributed by atoms with Crippen molar-refractivity contribution in [2.45, 2.75) is 32.4 Å². The molecule has 2 aromatic rings. The third kappa shape index (κ3) is 3.63. The highest BCUT2D eigenvalue weighted by molar-refractivity contribution is 9.10. The minimum absolute atomic E-state index is 0.459. The highest BCUT2D eigenvalue weighted by Crippen LogP contribution is 2.16. The summed E-state index contributed by atoms with van der Waals surface area (Å²) in [5.74, 6) is 1.71. The largest absolute Gasteiger partial charge is 0.336 e. The molecule has 1 aromatic carbocycles. The molecule has 0 saturated carbocycles. The Bertz CT molecular complexity index is 602. The van der Waals surface area contributed by atoms with Crippen molar-refractivity contribution >= 4 is 21.9 Å². The monoisotopic (exact) mass is 349 g/mol. The number of rotatable bonds is 3. The number of halogens is 1. The molecule has 2 heterocycles. The topological polar surface area (TPSA) is 56.8 Å². The molecule has 0 bridgehead atoms. The van der Waals surface area contributed by atoms with Crippen molar-refractivity contribution in [3.8, 4) is 0 Å². The summed E-state index contributed by atoms with van der Waals surface area (Å²) in [6.07, 6.45) is 0.767.